The Hall–Kier alpha value is -0.820. The zero-order valence-electron chi connectivity index (χ0n) is 10.5. The number of likely N-dealkylation sites (tertiary alicyclic amines) is 1. The average Bonchev–Trinajstić information content (AvgIpc) is 2.76. The predicted octanol–water partition coefficient (Wildman–Crippen LogP) is 2.28. The smallest absolute Gasteiger partial charge is 0.253 e. The first-order valence-corrected chi connectivity index (χ1v) is 7.33. The first-order chi connectivity index (χ1) is 8.83. The van der Waals surface area contributed by atoms with E-state index in [4.69, 9.17) is 17.3 Å². The lowest BCUT2D eigenvalue weighted by molar-refractivity contribution is -0.126. The van der Waals surface area contributed by atoms with Crippen LogP contribution in [0.1, 0.15) is 23.7 Å². The van der Waals surface area contributed by atoms with Crippen molar-refractivity contribution in [3.63, 3.8) is 0 Å². The summed E-state index contributed by atoms with van der Waals surface area (Å²) in [7, 11) is 0. The van der Waals surface area contributed by atoms with Crippen LogP contribution in [-0.4, -0.2) is 29.8 Å². The highest BCUT2D eigenvalue weighted by atomic mass is 127. The Kier molecular flexibility index (Phi) is 4.06. The number of carbonyl (C=O) groups is 2. The van der Waals surface area contributed by atoms with Gasteiger partial charge in [0.25, 0.3) is 5.91 Å². The third kappa shape index (κ3) is 2.86. The van der Waals surface area contributed by atoms with Crippen molar-refractivity contribution < 1.29 is 9.59 Å². The van der Waals surface area contributed by atoms with Crippen LogP contribution >= 0.6 is 34.2 Å². The van der Waals surface area contributed by atoms with Crippen molar-refractivity contribution in [2.24, 2.45) is 11.1 Å². The molecule has 1 saturated heterocycles. The Morgan fingerprint density at radius 3 is 2.68 bits per heavy atom. The number of nitrogens with zero attached hydrogens (tertiary/aromatic N) is 1. The van der Waals surface area contributed by atoms with Crippen LogP contribution in [0.3, 0.4) is 0 Å². The summed E-state index contributed by atoms with van der Waals surface area (Å²) in [4.78, 5) is 25.4. The minimum absolute atomic E-state index is 0.108. The van der Waals surface area contributed by atoms with Crippen LogP contribution in [0.5, 0.6) is 0 Å². The molecule has 0 aliphatic carbocycles. The monoisotopic (exact) mass is 392 g/mol. The van der Waals surface area contributed by atoms with Crippen molar-refractivity contribution in [2.45, 2.75) is 13.3 Å². The molecule has 19 heavy (non-hydrogen) atoms. The maximum atomic E-state index is 12.3. The lowest BCUT2D eigenvalue weighted by Gasteiger charge is -2.21. The molecule has 1 atom stereocenters. The summed E-state index contributed by atoms with van der Waals surface area (Å²) >= 11 is 8.13. The van der Waals surface area contributed by atoms with Gasteiger partial charge >= 0.3 is 0 Å². The van der Waals surface area contributed by atoms with Gasteiger partial charge in [-0.1, -0.05) is 11.6 Å². The molecule has 2 amide bonds. The number of carbonyl (C=O) groups excluding carboxylic acids is 2. The van der Waals surface area contributed by atoms with E-state index in [1.54, 1.807) is 30.0 Å². The van der Waals surface area contributed by atoms with Gasteiger partial charge in [-0.2, -0.15) is 0 Å². The summed E-state index contributed by atoms with van der Waals surface area (Å²) in [6.45, 7) is 2.70. The maximum Gasteiger partial charge on any atom is 0.253 e. The summed E-state index contributed by atoms with van der Waals surface area (Å²) in [5.41, 5.74) is 5.30. The molecule has 0 saturated carbocycles. The van der Waals surface area contributed by atoms with Crippen molar-refractivity contribution in [1.82, 2.24) is 4.90 Å². The van der Waals surface area contributed by atoms with Crippen LogP contribution in [0.4, 0.5) is 0 Å². The third-order valence-electron chi connectivity index (χ3n) is 3.52. The van der Waals surface area contributed by atoms with Crippen molar-refractivity contribution >= 4 is 46.0 Å². The standard InChI is InChI=1S/C13H14ClIN2O2/c1-13(12(16)19)4-5-17(7-13)11(18)8-2-3-10(15)9(14)6-8/h2-3,6H,4-5,7H2,1H3,(H2,16,19). The van der Waals surface area contributed by atoms with E-state index in [2.05, 4.69) is 22.6 Å². The lowest BCUT2D eigenvalue weighted by Crippen LogP contribution is -2.38. The molecule has 0 bridgehead atoms. The van der Waals surface area contributed by atoms with Gasteiger partial charge in [-0.25, -0.2) is 0 Å². The SMILES string of the molecule is CC1(C(N)=O)CCN(C(=O)c2ccc(I)c(Cl)c2)C1. The van der Waals surface area contributed by atoms with Crippen LogP contribution in [0.25, 0.3) is 0 Å². The molecule has 1 aromatic rings. The van der Waals surface area contributed by atoms with E-state index in [0.717, 1.165) is 3.57 Å². The second-order valence-electron chi connectivity index (χ2n) is 5.03. The number of halogens is 2. The highest BCUT2D eigenvalue weighted by molar-refractivity contribution is 14.1. The van der Waals surface area contributed by atoms with E-state index in [1.165, 1.54) is 0 Å². The molecule has 1 unspecified atom stereocenters. The topological polar surface area (TPSA) is 63.4 Å². The minimum atomic E-state index is -0.622. The first kappa shape index (κ1) is 14.6. The van der Waals surface area contributed by atoms with E-state index < -0.39 is 5.41 Å². The molecule has 2 N–H and O–H groups in total. The Morgan fingerprint density at radius 1 is 1.47 bits per heavy atom. The van der Waals surface area contributed by atoms with Crippen LogP contribution in [0.2, 0.25) is 5.02 Å². The third-order valence-corrected chi connectivity index (χ3v) is 5.09. The molecule has 0 aromatic heterocycles. The summed E-state index contributed by atoms with van der Waals surface area (Å²) < 4.78 is 0.902. The highest BCUT2D eigenvalue weighted by Crippen LogP contribution is 2.31. The quantitative estimate of drug-likeness (QED) is 0.785. The van der Waals surface area contributed by atoms with Crippen molar-refractivity contribution in [2.75, 3.05) is 13.1 Å². The Bertz CT molecular complexity index is 549. The Balaban J connectivity index is 2.18. The zero-order chi connectivity index (χ0) is 14.2. The summed E-state index contributed by atoms with van der Waals surface area (Å²) in [6.07, 6.45) is 0.603. The minimum Gasteiger partial charge on any atom is -0.369 e. The van der Waals surface area contributed by atoms with Crippen LogP contribution < -0.4 is 5.73 Å². The van der Waals surface area contributed by atoms with Crippen molar-refractivity contribution in [1.29, 1.82) is 0 Å². The molecule has 4 nitrogen and oxygen atoms in total. The van der Waals surface area contributed by atoms with Gasteiger partial charge in [0.05, 0.1) is 10.4 Å². The number of amides is 2. The van der Waals surface area contributed by atoms with Crippen molar-refractivity contribution in [3.8, 4) is 0 Å². The van der Waals surface area contributed by atoms with E-state index in [-0.39, 0.29) is 11.8 Å². The van der Waals surface area contributed by atoms with Gasteiger partial charge in [-0.05, 0) is 54.1 Å². The van der Waals surface area contributed by atoms with E-state index in [0.29, 0.717) is 30.1 Å². The largest absolute Gasteiger partial charge is 0.369 e. The molecule has 1 aliphatic heterocycles. The summed E-state index contributed by atoms with van der Waals surface area (Å²) in [6, 6.07) is 5.21. The number of hydrogen-bond acceptors (Lipinski definition) is 2. The van der Waals surface area contributed by atoms with Gasteiger partial charge < -0.3 is 10.6 Å². The Labute approximate surface area is 130 Å². The molecule has 6 heteroatoms. The molecule has 102 valence electrons. The van der Waals surface area contributed by atoms with Gasteiger partial charge in [-0.15, -0.1) is 0 Å². The second kappa shape index (κ2) is 5.28. The second-order valence-corrected chi connectivity index (χ2v) is 6.60. The maximum absolute atomic E-state index is 12.3. The molecular weight excluding hydrogens is 379 g/mol. The number of hydrogen-bond donors (Lipinski definition) is 1. The van der Waals surface area contributed by atoms with E-state index in [9.17, 15) is 9.59 Å². The molecule has 1 fully saturated rings. The number of benzene rings is 1. The molecule has 1 aromatic carbocycles. The van der Waals surface area contributed by atoms with Gasteiger partial charge in [0.1, 0.15) is 0 Å². The normalized spacial score (nSPS) is 22.6. The molecule has 2 rings (SSSR count). The highest BCUT2D eigenvalue weighted by Gasteiger charge is 2.40. The molecule has 1 heterocycles. The van der Waals surface area contributed by atoms with Gasteiger partial charge in [0.2, 0.25) is 5.91 Å². The fourth-order valence-electron chi connectivity index (χ4n) is 2.15. The predicted molar refractivity (Wildman–Crippen MR) is 82.0 cm³/mol. The number of nitrogens with two attached hydrogens (primary N) is 1. The van der Waals surface area contributed by atoms with Crippen LogP contribution in [-0.2, 0) is 4.79 Å². The van der Waals surface area contributed by atoms with Gasteiger partial charge in [-0.3, -0.25) is 9.59 Å². The van der Waals surface area contributed by atoms with E-state index in [1.807, 2.05) is 0 Å². The molecule has 0 radical (unpaired) electrons. The summed E-state index contributed by atoms with van der Waals surface area (Å²) in [5.74, 6) is -0.466. The van der Waals surface area contributed by atoms with Gasteiger partial charge in [0.15, 0.2) is 0 Å². The number of rotatable bonds is 2. The number of primary amides is 1. The van der Waals surface area contributed by atoms with E-state index >= 15 is 0 Å². The first-order valence-electron chi connectivity index (χ1n) is 5.88. The molecule has 1 aliphatic rings. The molecular formula is C13H14ClIN2O2. The van der Waals surface area contributed by atoms with Gasteiger partial charge in [0, 0.05) is 22.2 Å². The van der Waals surface area contributed by atoms with Crippen LogP contribution in [0.15, 0.2) is 18.2 Å². The zero-order valence-corrected chi connectivity index (χ0v) is 13.4. The van der Waals surface area contributed by atoms with Crippen molar-refractivity contribution in [3.05, 3.63) is 32.4 Å². The van der Waals surface area contributed by atoms with Crippen LogP contribution in [0, 0.1) is 8.99 Å². The summed E-state index contributed by atoms with van der Waals surface area (Å²) in [5, 5.41) is 0.559. The lowest BCUT2D eigenvalue weighted by atomic mass is 9.89. The Morgan fingerprint density at radius 2 is 2.16 bits per heavy atom. The fourth-order valence-corrected chi connectivity index (χ4v) is 2.66. The molecule has 0 spiro atoms. The fraction of sp³-hybridized carbons (Fsp3) is 0.385. The average molecular weight is 393 g/mol.